The highest BCUT2D eigenvalue weighted by Crippen LogP contribution is 2.18. The van der Waals surface area contributed by atoms with Gasteiger partial charge in [-0.1, -0.05) is 19.1 Å². The molecular weight excluding hydrogens is 312 g/mol. The maximum atomic E-state index is 12.2. The number of ether oxygens (including phenoxy) is 2. The summed E-state index contributed by atoms with van der Waals surface area (Å²) in [5.41, 5.74) is 0.842. The van der Waals surface area contributed by atoms with Gasteiger partial charge in [0.15, 0.2) is 0 Å². The number of esters is 1. The molecule has 24 heavy (non-hydrogen) atoms. The normalized spacial score (nSPS) is 17.0. The third-order valence-electron chi connectivity index (χ3n) is 3.58. The zero-order valence-electron chi connectivity index (χ0n) is 13.9. The molecule has 1 heterocycles. The molecular formula is C17H20N2O5. The number of imide groups is 1. The number of amides is 3. The zero-order chi connectivity index (χ0) is 17.7. The van der Waals surface area contributed by atoms with Crippen molar-refractivity contribution >= 4 is 24.0 Å². The number of hydrogen-bond acceptors (Lipinski definition) is 5. The summed E-state index contributed by atoms with van der Waals surface area (Å²) < 4.78 is 10.2. The van der Waals surface area contributed by atoms with Crippen LogP contribution in [0.1, 0.15) is 25.8 Å². The number of carbonyl (C=O) groups excluding carboxylic acids is 3. The molecule has 0 bridgehead atoms. The molecule has 1 aromatic carbocycles. The summed E-state index contributed by atoms with van der Waals surface area (Å²) in [4.78, 5) is 36.0. The van der Waals surface area contributed by atoms with Crippen LogP contribution in [0.2, 0.25) is 0 Å². The molecule has 3 amide bonds. The Kier molecular flexibility index (Phi) is 5.57. The van der Waals surface area contributed by atoms with E-state index in [0.29, 0.717) is 0 Å². The van der Waals surface area contributed by atoms with Crippen molar-refractivity contribution in [2.75, 3.05) is 13.7 Å². The molecule has 1 N–H and O–H groups in total. The predicted molar refractivity (Wildman–Crippen MR) is 87.1 cm³/mol. The van der Waals surface area contributed by atoms with Gasteiger partial charge in [0.1, 0.15) is 18.0 Å². The van der Waals surface area contributed by atoms with Crippen molar-refractivity contribution in [3.8, 4) is 5.75 Å². The largest absolute Gasteiger partial charge is 0.491 e. The fourth-order valence-electron chi connectivity index (χ4n) is 2.03. The molecule has 1 aromatic rings. The van der Waals surface area contributed by atoms with Gasteiger partial charge in [-0.25, -0.2) is 9.69 Å². The quantitative estimate of drug-likeness (QED) is 0.489. The van der Waals surface area contributed by atoms with Crippen LogP contribution in [0.3, 0.4) is 0 Å². The Balaban J connectivity index is 2.09. The Morgan fingerprint density at radius 3 is 2.54 bits per heavy atom. The second-order valence-corrected chi connectivity index (χ2v) is 5.36. The van der Waals surface area contributed by atoms with E-state index >= 15 is 0 Å². The van der Waals surface area contributed by atoms with Gasteiger partial charge in [0.05, 0.1) is 13.2 Å². The standard InChI is InChI=1S/C17H20N2O5/c1-4-11(2)24-13-7-5-12(6-8-13)9-14-16(21)19(17(22)18-14)10-15(20)23-3/h5-9,11H,4,10H2,1-3H3,(H,18,22)/b14-9+/t11-/m1/s1. The minimum atomic E-state index is -0.661. The van der Waals surface area contributed by atoms with Gasteiger partial charge in [-0.2, -0.15) is 0 Å². The van der Waals surface area contributed by atoms with Gasteiger partial charge >= 0.3 is 12.0 Å². The molecule has 0 aromatic heterocycles. The summed E-state index contributed by atoms with van der Waals surface area (Å²) >= 11 is 0. The third kappa shape index (κ3) is 4.13. The highest BCUT2D eigenvalue weighted by atomic mass is 16.5. The zero-order valence-corrected chi connectivity index (χ0v) is 13.9. The summed E-state index contributed by atoms with van der Waals surface area (Å²) in [6.07, 6.45) is 2.57. The maximum absolute atomic E-state index is 12.2. The predicted octanol–water partition coefficient (Wildman–Crippen LogP) is 1.93. The third-order valence-corrected chi connectivity index (χ3v) is 3.58. The van der Waals surface area contributed by atoms with Crippen molar-refractivity contribution in [1.82, 2.24) is 10.2 Å². The lowest BCUT2D eigenvalue weighted by atomic mass is 10.2. The average molecular weight is 332 g/mol. The van der Waals surface area contributed by atoms with E-state index in [1.54, 1.807) is 30.3 Å². The van der Waals surface area contributed by atoms with Crippen LogP contribution < -0.4 is 10.1 Å². The average Bonchev–Trinajstić information content (AvgIpc) is 2.83. The van der Waals surface area contributed by atoms with Gasteiger partial charge in [0, 0.05) is 0 Å². The van der Waals surface area contributed by atoms with E-state index in [2.05, 4.69) is 10.1 Å². The number of benzene rings is 1. The van der Waals surface area contributed by atoms with E-state index in [1.807, 2.05) is 13.8 Å². The number of urea groups is 1. The van der Waals surface area contributed by atoms with E-state index in [9.17, 15) is 14.4 Å². The van der Waals surface area contributed by atoms with Crippen LogP contribution in [-0.4, -0.2) is 42.6 Å². The summed E-state index contributed by atoms with van der Waals surface area (Å²) in [6, 6.07) is 6.52. The smallest absolute Gasteiger partial charge is 0.329 e. The maximum Gasteiger partial charge on any atom is 0.329 e. The van der Waals surface area contributed by atoms with Gasteiger partial charge < -0.3 is 14.8 Å². The summed E-state index contributed by atoms with van der Waals surface area (Å²) in [7, 11) is 1.20. The van der Waals surface area contributed by atoms with E-state index in [-0.39, 0.29) is 11.8 Å². The molecule has 1 aliphatic rings. The lowest BCUT2D eigenvalue weighted by molar-refractivity contribution is -0.143. The molecule has 2 rings (SSSR count). The van der Waals surface area contributed by atoms with Gasteiger partial charge in [-0.15, -0.1) is 0 Å². The number of hydrogen-bond donors (Lipinski definition) is 1. The summed E-state index contributed by atoms with van der Waals surface area (Å²) in [5, 5.41) is 2.45. The second kappa shape index (κ2) is 7.63. The first kappa shape index (κ1) is 17.5. The van der Waals surface area contributed by atoms with Crippen molar-refractivity contribution in [1.29, 1.82) is 0 Å². The first-order valence-electron chi connectivity index (χ1n) is 7.62. The van der Waals surface area contributed by atoms with Crippen molar-refractivity contribution in [3.63, 3.8) is 0 Å². The first-order valence-corrected chi connectivity index (χ1v) is 7.62. The van der Waals surface area contributed by atoms with Gasteiger partial charge in [-0.05, 0) is 37.1 Å². The molecule has 0 unspecified atom stereocenters. The van der Waals surface area contributed by atoms with Crippen molar-refractivity contribution in [2.45, 2.75) is 26.4 Å². The van der Waals surface area contributed by atoms with E-state index in [1.165, 1.54) is 7.11 Å². The lowest BCUT2D eigenvalue weighted by Gasteiger charge is -2.12. The van der Waals surface area contributed by atoms with Gasteiger partial charge in [0.25, 0.3) is 5.91 Å². The fourth-order valence-corrected chi connectivity index (χ4v) is 2.03. The monoisotopic (exact) mass is 332 g/mol. The number of nitrogens with zero attached hydrogens (tertiary/aromatic N) is 1. The molecule has 7 nitrogen and oxygen atoms in total. The van der Waals surface area contributed by atoms with Crippen molar-refractivity contribution in [2.24, 2.45) is 0 Å². The minimum absolute atomic E-state index is 0.111. The Labute approximate surface area is 140 Å². The van der Waals surface area contributed by atoms with Crippen LogP contribution in [0.15, 0.2) is 30.0 Å². The van der Waals surface area contributed by atoms with Crippen LogP contribution >= 0.6 is 0 Å². The lowest BCUT2D eigenvalue weighted by Crippen LogP contribution is -2.36. The Morgan fingerprint density at radius 1 is 1.29 bits per heavy atom. The molecule has 0 radical (unpaired) electrons. The van der Waals surface area contributed by atoms with Crippen LogP contribution in [-0.2, 0) is 14.3 Å². The second-order valence-electron chi connectivity index (χ2n) is 5.36. The number of rotatable bonds is 6. The van der Waals surface area contributed by atoms with Crippen LogP contribution in [0.5, 0.6) is 5.75 Å². The highest BCUT2D eigenvalue weighted by molar-refractivity contribution is 6.15. The molecule has 0 aliphatic carbocycles. The minimum Gasteiger partial charge on any atom is -0.491 e. The molecule has 1 atom stereocenters. The molecule has 7 heteroatoms. The Bertz CT molecular complexity index is 666. The number of methoxy groups -OCH3 is 1. The topological polar surface area (TPSA) is 84.9 Å². The molecule has 0 spiro atoms. The number of nitrogens with one attached hydrogen (secondary N) is 1. The van der Waals surface area contributed by atoms with Gasteiger partial charge in [-0.3, -0.25) is 9.59 Å². The van der Waals surface area contributed by atoms with E-state index in [0.717, 1.165) is 22.6 Å². The van der Waals surface area contributed by atoms with Crippen LogP contribution in [0, 0.1) is 0 Å². The molecule has 1 saturated heterocycles. The first-order chi connectivity index (χ1) is 11.4. The van der Waals surface area contributed by atoms with E-state index in [4.69, 9.17) is 4.74 Å². The summed E-state index contributed by atoms with van der Waals surface area (Å²) in [5.74, 6) is -0.489. The molecule has 1 aliphatic heterocycles. The van der Waals surface area contributed by atoms with Crippen molar-refractivity contribution < 1.29 is 23.9 Å². The Morgan fingerprint density at radius 2 is 1.96 bits per heavy atom. The summed E-state index contributed by atoms with van der Waals surface area (Å²) in [6.45, 7) is 3.61. The Hall–Kier alpha value is -2.83. The SMILES string of the molecule is CC[C@@H](C)Oc1ccc(/C=C2/NC(=O)N(CC(=O)OC)C2=O)cc1. The van der Waals surface area contributed by atoms with Crippen LogP contribution in [0.4, 0.5) is 4.79 Å². The van der Waals surface area contributed by atoms with Crippen molar-refractivity contribution in [3.05, 3.63) is 35.5 Å². The highest BCUT2D eigenvalue weighted by Gasteiger charge is 2.35. The van der Waals surface area contributed by atoms with E-state index < -0.39 is 24.5 Å². The fraction of sp³-hybridized carbons (Fsp3) is 0.353. The van der Waals surface area contributed by atoms with Gasteiger partial charge in [0.2, 0.25) is 0 Å². The number of carbonyl (C=O) groups is 3. The molecule has 128 valence electrons. The van der Waals surface area contributed by atoms with Crippen LogP contribution in [0.25, 0.3) is 6.08 Å². The molecule has 1 fully saturated rings. The molecule has 0 saturated carbocycles.